The smallest absolute Gasteiger partial charge is 0.225 e. The van der Waals surface area contributed by atoms with Gasteiger partial charge in [0, 0.05) is 48.7 Å². The zero-order valence-corrected chi connectivity index (χ0v) is 14.5. The van der Waals surface area contributed by atoms with Crippen LogP contribution < -0.4 is 10.1 Å². The number of fused-ring (bicyclic) bond motifs is 2. The highest BCUT2D eigenvalue weighted by Crippen LogP contribution is 2.39. The van der Waals surface area contributed by atoms with Crippen LogP contribution >= 0.6 is 0 Å². The highest BCUT2D eigenvalue weighted by atomic mass is 16.5. The first-order chi connectivity index (χ1) is 12.8. The van der Waals surface area contributed by atoms with Crippen molar-refractivity contribution in [3.05, 3.63) is 54.0 Å². The predicted octanol–water partition coefficient (Wildman–Crippen LogP) is 2.62. The number of anilines is 1. The first-order valence-electron chi connectivity index (χ1n) is 8.69. The van der Waals surface area contributed by atoms with E-state index in [1.807, 2.05) is 37.4 Å². The Morgan fingerprint density at radius 1 is 1.31 bits per heavy atom. The molecule has 7 nitrogen and oxygen atoms in total. The Morgan fingerprint density at radius 3 is 3.12 bits per heavy atom. The molecule has 0 aliphatic carbocycles. The van der Waals surface area contributed by atoms with Crippen molar-refractivity contribution in [2.24, 2.45) is 0 Å². The van der Waals surface area contributed by atoms with Crippen LogP contribution in [0.4, 0.5) is 5.69 Å². The fraction of sp³-hybridized carbons (Fsp3) is 0.316. The first kappa shape index (κ1) is 16.5. The molecule has 3 aromatic rings. The van der Waals surface area contributed by atoms with Gasteiger partial charge in [-0.25, -0.2) is 9.50 Å². The van der Waals surface area contributed by atoms with Crippen LogP contribution in [0.1, 0.15) is 30.4 Å². The summed E-state index contributed by atoms with van der Waals surface area (Å²) in [5, 5.41) is 7.30. The van der Waals surface area contributed by atoms with Gasteiger partial charge in [-0.2, -0.15) is 5.10 Å². The maximum absolute atomic E-state index is 12.3. The molecule has 0 saturated carbocycles. The van der Waals surface area contributed by atoms with Crippen molar-refractivity contribution in [1.82, 2.24) is 14.6 Å². The molecule has 1 aromatic carbocycles. The van der Waals surface area contributed by atoms with Crippen molar-refractivity contribution in [3.63, 3.8) is 0 Å². The quantitative estimate of drug-likeness (QED) is 0.690. The first-order valence-corrected chi connectivity index (χ1v) is 8.69. The number of carbonyl (C=O) groups excluding carboxylic acids is 1. The SMILES string of the molecule is CCOCCOc1ccc2c(c1)NC(=O)C[C@H]2c1cnn2cccnc12. The molecule has 1 atom stereocenters. The third-order valence-corrected chi connectivity index (χ3v) is 4.45. The largest absolute Gasteiger partial charge is 0.491 e. The van der Waals surface area contributed by atoms with Gasteiger partial charge in [-0.05, 0) is 24.6 Å². The van der Waals surface area contributed by atoms with Crippen LogP contribution in [0, 0.1) is 0 Å². The lowest BCUT2D eigenvalue weighted by molar-refractivity contribution is -0.116. The van der Waals surface area contributed by atoms with E-state index >= 15 is 0 Å². The molecule has 0 fully saturated rings. The molecule has 2 aromatic heterocycles. The van der Waals surface area contributed by atoms with Gasteiger partial charge in [0.05, 0.1) is 12.8 Å². The summed E-state index contributed by atoms with van der Waals surface area (Å²) < 4.78 is 12.7. The zero-order chi connectivity index (χ0) is 17.9. The van der Waals surface area contributed by atoms with E-state index in [9.17, 15) is 4.79 Å². The molecular formula is C19H20N4O3. The van der Waals surface area contributed by atoms with Crippen LogP contribution in [-0.4, -0.2) is 40.3 Å². The summed E-state index contributed by atoms with van der Waals surface area (Å²) in [6.45, 7) is 3.63. The topological polar surface area (TPSA) is 77.8 Å². The van der Waals surface area contributed by atoms with Crippen LogP contribution in [0.5, 0.6) is 5.75 Å². The van der Waals surface area contributed by atoms with E-state index in [2.05, 4.69) is 15.4 Å². The maximum Gasteiger partial charge on any atom is 0.225 e. The third-order valence-electron chi connectivity index (χ3n) is 4.45. The maximum atomic E-state index is 12.3. The van der Waals surface area contributed by atoms with E-state index in [-0.39, 0.29) is 11.8 Å². The minimum Gasteiger partial charge on any atom is -0.491 e. The van der Waals surface area contributed by atoms with Crippen LogP contribution in [0.2, 0.25) is 0 Å². The third kappa shape index (κ3) is 3.13. The molecule has 1 amide bonds. The van der Waals surface area contributed by atoms with Gasteiger partial charge in [-0.3, -0.25) is 4.79 Å². The number of nitrogens with zero attached hydrogens (tertiary/aromatic N) is 3. The Balaban J connectivity index is 1.64. The highest BCUT2D eigenvalue weighted by Gasteiger charge is 2.29. The summed E-state index contributed by atoms with van der Waals surface area (Å²) in [5.41, 5.74) is 3.54. The van der Waals surface area contributed by atoms with Crippen molar-refractivity contribution in [3.8, 4) is 5.75 Å². The van der Waals surface area contributed by atoms with Crippen molar-refractivity contribution >= 4 is 17.2 Å². The second-order valence-electron chi connectivity index (χ2n) is 6.09. The highest BCUT2D eigenvalue weighted by molar-refractivity contribution is 5.96. The number of rotatable bonds is 6. The van der Waals surface area contributed by atoms with Gasteiger partial charge in [0.2, 0.25) is 5.91 Å². The van der Waals surface area contributed by atoms with Gasteiger partial charge in [-0.15, -0.1) is 0 Å². The molecule has 26 heavy (non-hydrogen) atoms. The summed E-state index contributed by atoms with van der Waals surface area (Å²) in [4.78, 5) is 16.7. The number of carbonyl (C=O) groups is 1. The van der Waals surface area contributed by atoms with Crippen molar-refractivity contribution in [2.45, 2.75) is 19.3 Å². The number of benzene rings is 1. The van der Waals surface area contributed by atoms with Crippen LogP contribution in [0.3, 0.4) is 0 Å². The van der Waals surface area contributed by atoms with Gasteiger partial charge >= 0.3 is 0 Å². The minimum atomic E-state index is -0.0800. The Kier molecular flexibility index (Phi) is 4.53. The Bertz CT molecular complexity index is 937. The zero-order valence-electron chi connectivity index (χ0n) is 14.5. The molecule has 0 radical (unpaired) electrons. The van der Waals surface area contributed by atoms with E-state index in [1.165, 1.54) is 0 Å². The number of nitrogens with one attached hydrogen (secondary N) is 1. The van der Waals surface area contributed by atoms with Crippen molar-refractivity contribution < 1.29 is 14.3 Å². The van der Waals surface area contributed by atoms with E-state index < -0.39 is 0 Å². The second-order valence-corrected chi connectivity index (χ2v) is 6.09. The number of hydrogen-bond donors (Lipinski definition) is 1. The van der Waals surface area contributed by atoms with Crippen LogP contribution in [-0.2, 0) is 9.53 Å². The van der Waals surface area contributed by atoms with E-state index in [1.54, 1.807) is 16.9 Å². The number of hydrogen-bond acceptors (Lipinski definition) is 5. The van der Waals surface area contributed by atoms with Gasteiger partial charge in [0.25, 0.3) is 0 Å². The van der Waals surface area contributed by atoms with Crippen LogP contribution in [0.15, 0.2) is 42.9 Å². The summed E-state index contributed by atoms with van der Waals surface area (Å²) in [5.74, 6) is 0.607. The van der Waals surface area contributed by atoms with Crippen molar-refractivity contribution in [1.29, 1.82) is 0 Å². The Labute approximate surface area is 151 Å². The number of ether oxygens (including phenoxy) is 2. The standard InChI is InChI=1S/C19H20N4O3/c1-2-25-8-9-26-13-4-5-14-15(11-18(24)22-17(14)10-13)16-12-21-23-7-3-6-20-19(16)23/h3-7,10,12,15H,2,8-9,11H2,1H3,(H,22,24)/t15-/m1/s1. The average molecular weight is 352 g/mol. The Hall–Kier alpha value is -2.93. The lowest BCUT2D eigenvalue weighted by Gasteiger charge is -2.25. The van der Waals surface area contributed by atoms with E-state index in [4.69, 9.17) is 9.47 Å². The number of amides is 1. The molecular weight excluding hydrogens is 332 g/mol. The molecule has 4 rings (SSSR count). The summed E-state index contributed by atoms with van der Waals surface area (Å²) >= 11 is 0. The number of aromatic nitrogens is 3. The molecule has 1 N–H and O–H groups in total. The molecule has 0 saturated heterocycles. The fourth-order valence-corrected chi connectivity index (χ4v) is 3.27. The van der Waals surface area contributed by atoms with Crippen LogP contribution in [0.25, 0.3) is 5.65 Å². The van der Waals surface area contributed by atoms with E-state index in [0.29, 0.717) is 32.0 Å². The van der Waals surface area contributed by atoms with Gasteiger partial charge < -0.3 is 14.8 Å². The van der Waals surface area contributed by atoms with Gasteiger partial charge in [0.1, 0.15) is 12.4 Å². The lowest BCUT2D eigenvalue weighted by atomic mass is 9.86. The monoisotopic (exact) mass is 352 g/mol. The molecule has 1 aliphatic heterocycles. The molecule has 7 heteroatoms. The Morgan fingerprint density at radius 2 is 2.23 bits per heavy atom. The molecule has 1 aliphatic rings. The summed E-state index contributed by atoms with van der Waals surface area (Å²) in [6.07, 6.45) is 5.75. The van der Waals surface area contributed by atoms with E-state index in [0.717, 1.165) is 22.5 Å². The minimum absolute atomic E-state index is 0.0238. The predicted molar refractivity (Wildman–Crippen MR) is 96.5 cm³/mol. The van der Waals surface area contributed by atoms with Gasteiger partial charge in [-0.1, -0.05) is 6.07 Å². The molecule has 3 heterocycles. The molecule has 0 spiro atoms. The molecule has 0 bridgehead atoms. The average Bonchev–Trinajstić information content (AvgIpc) is 3.08. The molecule has 0 unspecified atom stereocenters. The van der Waals surface area contributed by atoms with Gasteiger partial charge in [0.15, 0.2) is 5.65 Å². The van der Waals surface area contributed by atoms with Crippen molar-refractivity contribution in [2.75, 3.05) is 25.1 Å². The lowest BCUT2D eigenvalue weighted by Crippen LogP contribution is -2.23. The summed E-state index contributed by atoms with van der Waals surface area (Å²) in [6, 6.07) is 7.62. The normalized spacial score (nSPS) is 16.3. The fourth-order valence-electron chi connectivity index (χ4n) is 3.27. The molecule has 134 valence electrons. The summed E-state index contributed by atoms with van der Waals surface area (Å²) in [7, 11) is 0. The second kappa shape index (κ2) is 7.13.